The van der Waals surface area contributed by atoms with Gasteiger partial charge in [0, 0.05) is 12.3 Å². The van der Waals surface area contributed by atoms with E-state index < -0.39 is 4.92 Å². The maximum Gasteiger partial charge on any atom is 0.311 e. The second kappa shape index (κ2) is 5.87. The summed E-state index contributed by atoms with van der Waals surface area (Å²) >= 11 is 0. The van der Waals surface area contributed by atoms with Crippen molar-refractivity contribution in [2.75, 3.05) is 0 Å². The smallest absolute Gasteiger partial charge is 0.311 e. The molecule has 8 nitrogen and oxygen atoms in total. The molecule has 0 amide bonds. The van der Waals surface area contributed by atoms with Crippen LogP contribution < -0.4 is 10.5 Å². The maximum atomic E-state index is 11.0. The normalized spacial score (nSPS) is 11.2. The maximum absolute atomic E-state index is 11.0. The number of rotatable bonds is 4. The van der Waals surface area contributed by atoms with Crippen LogP contribution >= 0.6 is 0 Å². The van der Waals surface area contributed by atoms with E-state index in [1.165, 1.54) is 30.6 Å². The molecular weight excluding hydrogens is 276 g/mol. The molecule has 2 rings (SSSR count). The van der Waals surface area contributed by atoms with Gasteiger partial charge in [0.15, 0.2) is 11.6 Å². The van der Waals surface area contributed by atoms with Gasteiger partial charge in [-0.25, -0.2) is 0 Å². The average Bonchev–Trinajstić information content (AvgIpc) is 2.47. The lowest BCUT2D eigenvalue weighted by Crippen LogP contribution is -2.14. The molecule has 0 bridgehead atoms. The Morgan fingerprint density at radius 2 is 2.19 bits per heavy atom. The topological polar surface area (TPSA) is 124 Å². The molecule has 1 aromatic heterocycles. The van der Waals surface area contributed by atoms with Crippen molar-refractivity contribution in [1.29, 1.82) is 0 Å². The van der Waals surface area contributed by atoms with Gasteiger partial charge in [0.05, 0.1) is 16.7 Å². The Morgan fingerprint density at radius 3 is 2.86 bits per heavy atom. The van der Waals surface area contributed by atoms with Gasteiger partial charge in [0.25, 0.3) is 0 Å². The first-order chi connectivity index (χ1) is 10.0. The number of amidine groups is 1. The standard InChI is InChI=1S/C13H12N4O4/c1-8-2-3-10(17(19)20)11(6-8)21-12-7-15-5-4-9(12)13(14)16-18/h2-7,18H,1H3,(H2,14,16). The van der Waals surface area contributed by atoms with Crippen LogP contribution in [0.15, 0.2) is 41.8 Å². The molecule has 108 valence electrons. The molecule has 2 aromatic rings. The van der Waals surface area contributed by atoms with Gasteiger partial charge in [0.2, 0.25) is 5.75 Å². The third-order valence-corrected chi connectivity index (χ3v) is 2.70. The summed E-state index contributed by atoms with van der Waals surface area (Å²) in [6.45, 7) is 1.78. The molecule has 8 heteroatoms. The van der Waals surface area contributed by atoms with Crippen LogP contribution in [0.2, 0.25) is 0 Å². The van der Waals surface area contributed by atoms with E-state index in [0.717, 1.165) is 5.56 Å². The summed E-state index contributed by atoms with van der Waals surface area (Å²) in [7, 11) is 0. The number of nitrogens with two attached hydrogens (primary N) is 1. The van der Waals surface area contributed by atoms with Crippen molar-refractivity contribution >= 4 is 11.5 Å². The molecule has 1 aromatic carbocycles. The molecule has 0 aliphatic heterocycles. The molecule has 0 fully saturated rings. The summed E-state index contributed by atoms with van der Waals surface area (Å²) < 4.78 is 5.53. The molecule has 0 radical (unpaired) electrons. The van der Waals surface area contributed by atoms with E-state index in [-0.39, 0.29) is 28.6 Å². The number of aromatic nitrogens is 1. The predicted octanol–water partition coefficient (Wildman–Crippen LogP) is 2.19. The lowest BCUT2D eigenvalue weighted by atomic mass is 10.2. The zero-order valence-electron chi connectivity index (χ0n) is 11.1. The van der Waals surface area contributed by atoms with Crippen molar-refractivity contribution in [1.82, 2.24) is 4.98 Å². The highest BCUT2D eigenvalue weighted by atomic mass is 16.6. The highest BCUT2D eigenvalue weighted by Gasteiger charge is 2.18. The van der Waals surface area contributed by atoms with Crippen LogP contribution in [-0.4, -0.2) is 21.0 Å². The number of hydrogen-bond acceptors (Lipinski definition) is 6. The molecule has 0 aliphatic carbocycles. The highest BCUT2D eigenvalue weighted by molar-refractivity contribution is 5.99. The second-order valence-electron chi connectivity index (χ2n) is 4.19. The van der Waals surface area contributed by atoms with E-state index in [4.69, 9.17) is 15.7 Å². The van der Waals surface area contributed by atoms with Crippen molar-refractivity contribution in [3.05, 3.63) is 57.9 Å². The number of nitrogens with zero attached hydrogens (tertiary/aromatic N) is 3. The number of ether oxygens (including phenoxy) is 1. The number of hydrogen-bond donors (Lipinski definition) is 2. The lowest BCUT2D eigenvalue weighted by Gasteiger charge is -2.10. The predicted molar refractivity (Wildman–Crippen MR) is 74.7 cm³/mol. The van der Waals surface area contributed by atoms with Crippen LogP contribution in [0.4, 0.5) is 5.69 Å². The van der Waals surface area contributed by atoms with Crippen LogP contribution in [0.3, 0.4) is 0 Å². The van der Waals surface area contributed by atoms with Gasteiger partial charge >= 0.3 is 5.69 Å². The fraction of sp³-hybridized carbons (Fsp3) is 0.0769. The first-order valence-electron chi connectivity index (χ1n) is 5.87. The Labute approximate surface area is 119 Å². The molecule has 0 atom stereocenters. The molecule has 0 saturated heterocycles. The Kier molecular flexibility index (Phi) is 3.98. The summed E-state index contributed by atoms with van der Waals surface area (Å²) in [5.74, 6) is 0.0317. The Balaban J connectivity index is 2.48. The monoisotopic (exact) mass is 288 g/mol. The van der Waals surface area contributed by atoms with Crippen LogP contribution in [0.5, 0.6) is 11.5 Å². The van der Waals surface area contributed by atoms with Gasteiger partial charge in [-0.3, -0.25) is 15.1 Å². The third-order valence-electron chi connectivity index (χ3n) is 2.70. The number of benzene rings is 1. The first kappa shape index (κ1) is 14.3. The molecule has 0 unspecified atom stereocenters. The van der Waals surface area contributed by atoms with Gasteiger partial charge in [-0.1, -0.05) is 11.2 Å². The van der Waals surface area contributed by atoms with E-state index >= 15 is 0 Å². The largest absolute Gasteiger partial charge is 0.448 e. The lowest BCUT2D eigenvalue weighted by molar-refractivity contribution is -0.385. The third kappa shape index (κ3) is 3.06. The molecule has 0 aliphatic rings. The van der Waals surface area contributed by atoms with E-state index in [1.807, 2.05) is 0 Å². The molecule has 0 spiro atoms. The zero-order valence-corrected chi connectivity index (χ0v) is 11.1. The molecule has 21 heavy (non-hydrogen) atoms. The summed E-state index contributed by atoms with van der Waals surface area (Å²) in [5, 5.41) is 22.7. The number of aryl methyl sites for hydroxylation is 1. The van der Waals surface area contributed by atoms with Gasteiger partial charge < -0.3 is 15.7 Å². The average molecular weight is 288 g/mol. The Hall–Kier alpha value is -3.16. The van der Waals surface area contributed by atoms with E-state index in [0.29, 0.717) is 0 Å². The molecular formula is C13H12N4O4. The summed E-state index contributed by atoms with van der Waals surface area (Å²) in [6.07, 6.45) is 2.77. The summed E-state index contributed by atoms with van der Waals surface area (Å²) in [5.41, 5.74) is 6.43. The minimum Gasteiger partial charge on any atom is -0.448 e. The minimum atomic E-state index is -0.547. The van der Waals surface area contributed by atoms with E-state index in [9.17, 15) is 10.1 Å². The van der Waals surface area contributed by atoms with Gasteiger partial charge in [-0.05, 0) is 24.6 Å². The van der Waals surface area contributed by atoms with Crippen molar-refractivity contribution < 1.29 is 14.9 Å². The van der Waals surface area contributed by atoms with Crippen molar-refractivity contribution in [3.63, 3.8) is 0 Å². The van der Waals surface area contributed by atoms with Gasteiger partial charge in [-0.2, -0.15) is 0 Å². The fourth-order valence-electron chi connectivity index (χ4n) is 1.70. The molecule has 3 N–H and O–H groups in total. The zero-order chi connectivity index (χ0) is 15.4. The van der Waals surface area contributed by atoms with Crippen LogP contribution in [-0.2, 0) is 0 Å². The first-order valence-corrected chi connectivity index (χ1v) is 5.87. The van der Waals surface area contributed by atoms with Gasteiger partial charge in [-0.15, -0.1) is 0 Å². The fourth-order valence-corrected chi connectivity index (χ4v) is 1.70. The number of nitro groups is 1. The van der Waals surface area contributed by atoms with Crippen molar-refractivity contribution in [2.24, 2.45) is 10.9 Å². The minimum absolute atomic E-state index is 0.0555. The quantitative estimate of drug-likeness (QED) is 0.292. The van der Waals surface area contributed by atoms with Crippen LogP contribution in [0.25, 0.3) is 0 Å². The van der Waals surface area contributed by atoms with Crippen molar-refractivity contribution in [2.45, 2.75) is 6.92 Å². The van der Waals surface area contributed by atoms with E-state index in [2.05, 4.69) is 10.1 Å². The number of oxime groups is 1. The van der Waals surface area contributed by atoms with Crippen LogP contribution in [0, 0.1) is 17.0 Å². The number of pyridine rings is 1. The molecule has 0 saturated carbocycles. The van der Waals surface area contributed by atoms with E-state index in [1.54, 1.807) is 13.0 Å². The SMILES string of the molecule is Cc1ccc([N+](=O)[O-])c(Oc2cnccc2/C(N)=N/O)c1. The second-order valence-corrected chi connectivity index (χ2v) is 4.19. The Morgan fingerprint density at radius 1 is 1.43 bits per heavy atom. The molecule has 1 heterocycles. The highest BCUT2D eigenvalue weighted by Crippen LogP contribution is 2.33. The van der Waals surface area contributed by atoms with Gasteiger partial charge in [0.1, 0.15) is 0 Å². The summed E-state index contributed by atoms with van der Waals surface area (Å²) in [4.78, 5) is 14.3. The van der Waals surface area contributed by atoms with Crippen molar-refractivity contribution in [3.8, 4) is 11.5 Å². The summed E-state index contributed by atoms with van der Waals surface area (Å²) in [6, 6.07) is 5.97. The number of nitro benzene ring substituents is 1. The Bertz CT molecular complexity index is 715. The van der Waals surface area contributed by atoms with Crippen LogP contribution in [0.1, 0.15) is 11.1 Å².